The zero-order chi connectivity index (χ0) is 12.1. The smallest absolute Gasteiger partial charge is 0.331 e. The Balaban J connectivity index is 3.11. The highest BCUT2D eigenvalue weighted by molar-refractivity contribution is 5.78. The monoisotopic (exact) mass is 221 g/mol. The molecule has 1 unspecified atom stereocenters. The maximum Gasteiger partial charge on any atom is 0.331 e. The average Bonchev–Trinajstić information content (AvgIpc) is 2.24. The minimum absolute atomic E-state index is 0.369. The number of nitrogens with zero attached hydrogens (tertiary/aromatic N) is 1. The van der Waals surface area contributed by atoms with Gasteiger partial charge in [-0.1, -0.05) is 29.8 Å². The Morgan fingerprint density at radius 2 is 2.25 bits per heavy atom. The van der Waals surface area contributed by atoms with Crippen molar-refractivity contribution in [2.75, 3.05) is 6.54 Å². The van der Waals surface area contributed by atoms with E-state index in [1.54, 1.807) is 25.1 Å². The van der Waals surface area contributed by atoms with Crippen LogP contribution in [0, 0.1) is 6.92 Å². The highest BCUT2D eigenvalue weighted by atomic mass is 16.4. The molecule has 86 valence electrons. The fraction of sp³-hybridized carbons (Fsp3) is 0.333. The van der Waals surface area contributed by atoms with Crippen molar-refractivity contribution in [2.45, 2.75) is 19.9 Å². The molecule has 0 saturated heterocycles. The number of rotatable bonds is 5. The summed E-state index contributed by atoms with van der Waals surface area (Å²) in [7, 11) is 0. The van der Waals surface area contributed by atoms with Crippen LogP contribution in [0.25, 0.3) is 0 Å². The van der Waals surface area contributed by atoms with Crippen LogP contribution in [0.15, 0.2) is 24.3 Å². The van der Waals surface area contributed by atoms with Crippen LogP contribution < -0.4 is 0 Å². The summed E-state index contributed by atoms with van der Waals surface area (Å²) >= 11 is 0. The molecule has 4 heteroatoms. The van der Waals surface area contributed by atoms with Crippen LogP contribution in [0.5, 0.6) is 0 Å². The third kappa shape index (κ3) is 2.59. The second-order valence-corrected chi connectivity index (χ2v) is 3.59. The summed E-state index contributed by atoms with van der Waals surface area (Å²) in [6.07, 6.45) is 0.571. The standard InChI is InChI=1S/C12H15NO3/c1-3-13(8-14)11(12(15)16)10-6-4-5-9(2)7-10/h4-8,11H,3H2,1-2H3,(H,15,16). The van der Waals surface area contributed by atoms with Crippen LogP contribution in [-0.2, 0) is 9.59 Å². The van der Waals surface area contributed by atoms with Crippen molar-refractivity contribution in [1.82, 2.24) is 4.90 Å². The maximum absolute atomic E-state index is 11.2. The lowest BCUT2D eigenvalue weighted by atomic mass is 10.0. The fourth-order valence-electron chi connectivity index (χ4n) is 1.63. The molecule has 1 aromatic rings. The number of benzene rings is 1. The Labute approximate surface area is 94.5 Å². The van der Waals surface area contributed by atoms with Gasteiger partial charge in [0.1, 0.15) is 0 Å². The van der Waals surface area contributed by atoms with Gasteiger partial charge in [0.05, 0.1) is 0 Å². The first kappa shape index (κ1) is 12.2. The first-order valence-electron chi connectivity index (χ1n) is 5.10. The van der Waals surface area contributed by atoms with Gasteiger partial charge in [0.15, 0.2) is 6.04 Å². The molecule has 1 atom stereocenters. The molecule has 0 aliphatic rings. The van der Waals surface area contributed by atoms with Gasteiger partial charge >= 0.3 is 5.97 Å². The second kappa shape index (κ2) is 5.30. The number of likely N-dealkylation sites (N-methyl/N-ethyl adjacent to an activating group) is 1. The first-order valence-corrected chi connectivity index (χ1v) is 5.10. The number of aliphatic carboxylic acids is 1. The van der Waals surface area contributed by atoms with E-state index in [0.29, 0.717) is 18.5 Å². The van der Waals surface area contributed by atoms with Crippen LogP contribution in [0.4, 0.5) is 0 Å². The number of carboxylic acids is 1. The molecule has 0 spiro atoms. The molecule has 1 aromatic carbocycles. The van der Waals surface area contributed by atoms with Gasteiger partial charge in [-0.25, -0.2) is 4.79 Å². The van der Waals surface area contributed by atoms with Gasteiger partial charge in [-0.2, -0.15) is 0 Å². The van der Waals surface area contributed by atoms with Gasteiger partial charge in [0.2, 0.25) is 6.41 Å². The average molecular weight is 221 g/mol. The van der Waals surface area contributed by atoms with E-state index in [2.05, 4.69) is 0 Å². The number of hydrogen-bond donors (Lipinski definition) is 1. The van der Waals surface area contributed by atoms with Gasteiger partial charge in [-0.15, -0.1) is 0 Å². The van der Waals surface area contributed by atoms with E-state index in [0.717, 1.165) is 5.56 Å². The van der Waals surface area contributed by atoms with E-state index in [-0.39, 0.29) is 0 Å². The summed E-state index contributed by atoms with van der Waals surface area (Å²) in [6.45, 7) is 4.01. The lowest BCUT2D eigenvalue weighted by molar-refractivity contribution is -0.146. The number of hydrogen-bond acceptors (Lipinski definition) is 2. The minimum Gasteiger partial charge on any atom is -0.479 e. The van der Waals surface area contributed by atoms with E-state index >= 15 is 0 Å². The van der Waals surface area contributed by atoms with Crippen molar-refractivity contribution in [3.8, 4) is 0 Å². The second-order valence-electron chi connectivity index (χ2n) is 3.59. The van der Waals surface area contributed by atoms with E-state index in [1.807, 2.05) is 13.0 Å². The molecule has 4 nitrogen and oxygen atoms in total. The molecule has 0 bridgehead atoms. The normalized spacial score (nSPS) is 11.9. The van der Waals surface area contributed by atoms with Crippen LogP contribution in [0.1, 0.15) is 24.1 Å². The highest BCUT2D eigenvalue weighted by Crippen LogP contribution is 2.20. The van der Waals surface area contributed by atoms with Crippen molar-refractivity contribution < 1.29 is 14.7 Å². The first-order chi connectivity index (χ1) is 7.60. The van der Waals surface area contributed by atoms with E-state index in [4.69, 9.17) is 5.11 Å². The molecule has 1 N–H and O–H groups in total. The molecule has 1 amide bonds. The van der Waals surface area contributed by atoms with Crippen LogP contribution >= 0.6 is 0 Å². The van der Waals surface area contributed by atoms with Crippen molar-refractivity contribution in [3.05, 3.63) is 35.4 Å². The van der Waals surface area contributed by atoms with Crippen molar-refractivity contribution in [1.29, 1.82) is 0 Å². The third-order valence-corrected chi connectivity index (χ3v) is 2.42. The summed E-state index contributed by atoms with van der Waals surface area (Å²) in [6, 6.07) is 6.28. The van der Waals surface area contributed by atoms with E-state index < -0.39 is 12.0 Å². The highest BCUT2D eigenvalue weighted by Gasteiger charge is 2.25. The predicted octanol–water partition coefficient (Wildman–Crippen LogP) is 1.60. The number of carboxylic acid groups (broad SMARTS) is 1. The van der Waals surface area contributed by atoms with Crippen molar-refractivity contribution >= 4 is 12.4 Å². The molecule has 0 fully saturated rings. The van der Waals surface area contributed by atoms with E-state index in [9.17, 15) is 9.59 Å². The molecular formula is C12H15NO3. The fourth-order valence-corrected chi connectivity index (χ4v) is 1.63. The van der Waals surface area contributed by atoms with Crippen LogP contribution in [-0.4, -0.2) is 28.9 Å². The topological polar surface area (TPSA) is 57.6 Å². The summed E-state index contributed by atoms with van der Waals surface area (Å²) in [5, 5.41) is 9.15. The SMILES string of the molecule is CCN(C=O)C(C(=O)O)c1cccc(C)c1. The zero-order valence-electron chi connectivity index (χ0n) is 9.38. The third-order valence-electron chi connectivity index (χ3n) is 2.42. The summed E-state index contributed by atoms with van der Waals surface area (Å²) < 4.78 is 0. The summed E-state index contributed by atoms with van der Waals surface area (Å²) in [5.74, 6) is -1.01. The number of carbonyl (C=O) groups excluding carboxylic acids is 1. The maximum atomic E-state index is 11.2. The Kier molecular flexibility index (Phi) is 4.05. The molecule has 0 aromatic heterocycles. The molecule has 0 radical (unpaired) electrons. The van der Waals surface area contributed by atoms with Gasteiger partial charge < -0.3 is 10.0 Å². The Hall–Kier alpha value is -1.84. The molecular weight excluding hydrogens is 206 g/mol. The lowest BCUT2D eigenvalue weighted by Crippen LogP contribution is -2.32. The molecule has 16 heavy (non-hydrogen) atoms. The predicted molar refractivity (Wildman–Crippen MR) is 60.0 cm³/mol. The Morgan fingerprint density at radius 1 is 1.56 bits per heavy atom. The molecule has 0 heterocycles. The largest absolute Gasteiger partial charge is 0.479 e. The Bertz CT molecular complexity index is 390. The van der Waals surface area contributed by atoms with Gasteiger partial charge in [0.25, 0.3) is 0 Å². The molecule has 1 rings (SSSR count). The van der Waals surface area contributed by atoms with E-state index in [1.165, 1.54) is 4.90 Å². The van der Waals surface area contributed by atoms with Gasteiger partial charge in [0, 0.05) is 6.54 Å². The van der Waals surface area contributed by atoms with Crippen LogP contribution in [0.3, 0.4) is 0 Å². The lowest BCUT2D eigenvalue weighted by Gasteiger charge is -2.23. The van der Waals surface area contributed by atoms with Crippen molar-refractivity contribution in [2.24, 2.45) is 0 Å². The van der Waals surface area contributed by atoms with Gasteiger partial charge in [-0.05, 0) is 19.4 Å². The van der Waals surface area contributed by atoms with Gasteiger partial charge in [-0.3, -0.25) is 4.79 Å². The molecule has 0 aliphatic carbocycles. The minimum atomic E-state index is -1.01. The number of amides is 1. The quantitative estimate of drug-likeness (QED) is 0.768. The van der Waals surface area contributed by atoms with Crippen molar-refractivity contribution in [3.63, 3.8) is 0 Å². The molecule has 0 saturated carbocycles. The zero-order valence-corrected chi connectivity index (χ0v) is 9.38. The Morgan fingerprint density at radius 3 is 2.69 bits per heavy atom. The van der Waals surface area contributed by atoms with Crippen LogP contribution in [0.2, 0.25) is 0 Å². The summed E-state index contributed by atoms with van der Waals surface area (Å²) in [4.78, 5) is 23.2. The number of aryl methyl sites for hydroxylation is 1. The molecule has 0 aliphatic heterocycles. The summed E-state index contributed by atoms with van der Waals surface area (Å²) in [5.41, 5.74) is 1.60. The number of carbonyl (C=O) groups is 2.